The summed E-state index contributed by atoms with van der Waals surface area (Å²) in [5, 5.41) is 0. The molecule has 0 saturated heterocycles. The standard InChI is InChI=1S/C65H104O6/c1-4-7-10-13-16-18-20-22-24-26-28-29-30-31-32-33-34-35-37-38-40-42-44-46-49-52-55-58-64(67)70-61-62(60-69-63(66)57-54-51-48-15-12-9-6-3)71-65(68)59-56-53-50-47-45-43-41-39-36-27-25-23-21-19-17-14-11-8-5-2/h7-8,10-11,16-19,22-25,28-29,31-32,34-36,38-40,62H,4-6,9,12-15,20-21,26-27,30,33,37,41-61H2,1-3H3/b10-7-,11-8-,18-16-,19-17-,24-22-,25-23-,29-28-,32-31-,35-34-,39-36-,40-38-. The molecule has 1 atom stereocenters. The van der Waals surface area contributed by atoms with Gasteiger partial charge in [0.15, 0.2) is 6.10 Å². The summed E-state index contributed by atoms with van der Waals surface area (Å²) in [6.45, 7) is 6.33. The van der Waals surface area contributed by atoms with Crippen LogP contribution in [0.15, 0.2) is 134 Å². The molecular formula is C65H104O6. The van der Waals surface area contributed by atoms with Crippen LogP contribution in [0.1, 0.15) is 239 Å². The van der Waals surface area contributed by atoms with Gasteiger partial charge in [-0.05, 0) is 116 Å². The van der Waals surface area contributed by atoms with Crippen LogP contribution in [0.25, 0.3) is 0 Å². The molecular weight excluding hydrogens is 877 g/mol. The predicted octanol–water partition coefficient (Wildman–Crippen LogP) is 19.4. The van der Waals surface area contributed by atoms with E-state index in [0.29, 0.717) is 19.3 Å². The van der Waals surface area contributed by atoms with E-state index in [2.05, 4.69) is 154 Å². The van der Waals surface area contributed by atoms with Crippen molar-refractivity contribution in [3.8, 4) is 0 Å². The molecule has 0 aromatic rings. The summed E-state index contributed by atoms with van der Waals surface area (Å²) in [6.07, 6.45) is 81.7. The molecule has 0 spiro atoms. The minimum Gasteiger partial charge on any atom is -0.462 e. The summed E-state index contributed by atoms with van der Waals surface area (Å²) >= 11 is 0. The predicted molar refractivity (Wildman–Crippen MR) is 306 cm³/mol. The van der Waals surface area contributed by atoms with Crippen molar-refractivity contribution in [3.05, 3.63) is 134 Å². The van der Waals surface area contributed by atoms with E-state index in [4.69, 9.17) is 14.2 Å². The van der Waals surface area contributed by atoms with Gasteiger partial charge in [0, 0.05) is 19.3 Å². The third kappa shape index (κ3) is 56.3. The number of rotatable bonds is 50. The van der Waals surface area contributed by atoms with Crippen molar-refractivity contribution in [3.63, 3.8) is 0 Å². The van der Waals surface area contributed by atoms with Gasteiger partial charge in [-0.25, -0.2) is 0 Å². The van der Waals surface area contributed by atoms with Crippen LogP contribution in [-0.2, 0) is 28.6 Å². The first-order valence-corrected chi connectivity index (χ1v) is 28.7. The Kier molecular flexibility index (Phi) is 54.5. The molecule has 0 rings (SSSR count). The third-order valence-electron chi connectivity index (χ3n) is 11.7. The van der Waals surface area contributed by atoms with E-state index >= 15 is 0 Å². The minimum atomic E-state index is -0.796. The van der Waals surface area contributed by atoms with Crippen molar-refractivity contribution in [2.45, 2.75) is 245 Å². The largest absolute Gasteiger partial charge is 0.462 e. The first-order chi connectivity index (χ1) is 35.0. The Morgan fingerprint density at radius 3 is 0.859 bits per heavy atom. The Labute approximate surface area is 436 Å². The number of carbonyl (C=O) groups is 3. The van der Waals surface area contributed by atoms with Gasteiger partial charge in [-0.3, -0.25) is 14.4 Å². The van der Waals surface area contributed by atoms with E-state index in [0.717, 1.165) is 161 Å². The van der Waals surface area contributed by atoms with Crippen LogP contribution in [0, 0.1) is 0 Å². The highest BCUT2D eigenvalue weighted by Crippen LogP contribution is 2.13. The molecule has 6 heteroatoms. The SMILES string of the molecule is CC/C=C\C/C=C\C/C=C\C/C=C\C/C=C\C/C=C\C/C=C\CCCCCCCC(=O)OCC(COC(=O)CCCCCCCCC)OC(=O)CCCCCCCC/C=C\C/C=C\C/C=C\C/C=C\CC. The summed E-state index contributed by atoms with van der Waals surface area (Å²) in [5.74, 6) is -0.940. The molecule has 0 N–H and O–H groups in total. The molecule has 0 bridgehead atoms. The Morgan fingerprint density at radius 1 is 0.296 bits per heavy atom. The van der Waals surface area contributed by atoms with Crippen LogP contribution in [-0.4, -0.2) is 37.2 Å². The van der Waals surface area contributed by atoms with Crippen LogP contribution in [0.5, 0.6) is 0 Å². The van der Waals surface area contributed by atoms with Crippen LogP contribution in [0.2, 0.25) is 0 Å². The van der Waals surface area contributed by atoms with Crippen molar-refractivity contribution in [1.82, 2.24) is 0 Å². The summed E-state index contributed by atoms with van der Waals surface area (Å²) in [4.78, 5) is 38.0. The smallest absolute Gasteiger partial charge is 0.306 e. The lowest BCUT2D eigenvalue weighted by Gasteiger charge is -2.18. The summed E-state index contributed by atoms with van der Waals surface area (Å²) in [5.41, 5.74) is 0. The van der Waals surface area contributed by atoms with E-state index in [9.17, 15) is 14.4 Å². The summed E-state index contributed by atoms with van der Waals surface area (Å²) < 4.78 is 16.8. The Balaban J connectivity index is 4.29. The van der Waals surface area contributed by atoms with Crippen LogP contribution in [0.3, 0.4) is 0 Å². The molecule has 400 valence electrons. The Bertz CT molecular complexity index is 1550. The molecule has 6 nitrogen and oxygen atoms in total. The average Bonchev–Trinajstić information content (AvgIpc) is 3.37. The average molecular weight is 982 g/mol. The second-order valence-corrected chi connectivity index (χ2v) is 18.4. The van der Waals surface area contributed by atoms with Crippen LogP contribution < -0.4 is 0 Å². The first-order valence-electron chi connectivity index (χ1n) is 28.7. The van der Waals surface area contributed by atoms with E-state index in [-0.39, 0.29) is 31.1 Å². The van der Waals surface area contributed by atoms with Crippen molar-refractivity contribution < 1.29 is 28.6 Å². The molecule has 0 aliphatic rings. The lowest BCUT2D eigenvalue weighted by molar-refractivity contribution is -0.167. The number of allylic oxidation sites excluding steroid dienone is 22. The fourth-order valence-corrected chi connectivity index (χ4v) is 7.41. The fourth-order valence-electron chi connectivity index (χ4n) is 7.41. The molecule has 0 radical (unpaired) electrons. The molecule has 71 heavy (non-hydrogen) atoms. The van der Waals surface area contributed by atoms with Gasteiger partial charge in [0.1, 0.15) is 13.2 Å². The molecule has 0 aliphatic carbocycles. The molecule has 0 aliphatic heterocycles. The summed E-state index contributed by atoms with van der Waals surface area (Å²) in [6, 6.07) is 0. The van der Waals surface area contributed by atoms with Gasteiger partial charge in [-0.1, -0.05) is 238 Å². The lowest BCUT2D eigenvalue weighted by atomic mass is 10.1. The molecule has 0 aromatic carbocycles. The van der Waals surface area contributed by atoms with E-state index in [1.54, 1.807) is 0 Å². The highest BCUT2D eigenvalue weighted by molar-refractivity contribution is 5.71. The zero-order chi connectivity index (χ0) is 51.4. The Morgan fingerprint density at radius 2 is 0.549 bits per heavy atom. The molecule has 0 saturated carbocycles. The minimum absolute atomic E-state index is 0.0938. The number of ether oxygens (including phenoxy) is 3. The molecule has 0 amide bonds. The highest BCUT2D eigenvalue weighted by Gasteiger charge is 2.19. The second-order valence-electron chi connectivity index (χ2n) is 18.4. The third-order valence-corrected chi connectivity index (χ3v) is 11.7. The zero-order valence-corrected chi connectivity index (χ0v) is 45.7. The fraction of sp³-hybridized carbons (Fsp3) is 0.615. The molecule has 1 unspecified atom stereocenters. The van der Waals surface area contributed by atoms with E-state index in [1.807, 2.05) is 0 Å². The summed E-state index contributed by atoms with van der Waals surface area (Å²) in [7, 11) is 0. The maximum Gasteiger partial charge on any atom is 0.306 e. The van der Waals surface area contributed by atoms with Gasteiger partial charge in [0.25, 0.3) is 0 Å². The van der Waals surface area contributed by atoms with Crippen LogP contribution >= 0.6 is 0 Å². The van der Waals surface area contributed by atoms with E-state index < -0.39 is 6.10 Å². The number of hydrogen-bond acceptors (Lipinski definition) is 6. The van der Waals surface area contributed by atoms with Gasteiger partial charge in [-0.2, -0.15) is 0 Å². The Hall–Kier alpha value is -4.45. The topological polar surface area (TPSA) is 78.9 Å². The van der Waals surface area contributed by atoms with Gasteiger partial charge < -0.3 is 14.2 Å². The first kappa shape index (κ1) is 66.6. The van der Waals surface area contributed by atoms with Crippen LogP contribution in [0.4, 0.5) is 0 Å². The van der Waals surface area contributed by atoms with Gasteiger partial charge in [0.05, 0.1) is 0 Å². The normalized spacial score (nSPS) is 13.1. The maximum absolute atomic E-state index is 12.8. The maximum atomic E-state index is 12.8. The van der Waals surface area contributed by atoms with Crippen molar-refractivity contribution in [1.29, 1.82) is 0 Å². The van der Waals surface area contributed by atoms with Crippen molar-refractivity contribution in [2.75, 3.05) is 13.2 Å². The van der Waals surface area contributed by atoms with Gasteiger partial charge >= 0.3 is 17.9 Å². The van der Waals surface area contributed by atoms with Gasteiger partial charge in [-0.15, -0.1) is 0 Å². The quantitative estimate of drug-likeness (QED) is 0.0262. The van der Waals surface area contributed by atoms with Crippen molar-refractivity contribution >= 4 is 17.9 Å². The highest BCUT2D eigenvalue weighted by atomic mass is 16.6. The number of esters is 3. The molecule has 0 aromatic heterocycles. The van der Waals surface area contributed by atoms with E-state index in [1.165, 1.54) is 38.5 Å². The number of unbranched alkanes of at least 4 members (excludes halogenated alkanes) is 17. The molecule has 0 heterocycles. The second kappa shape index (κ2) is 58.1. The lowest BCUT2D eigenvalue weighted by Crippen LogP contribution is -2.30. The number of carbonyl (C=O) groups excluding carboxylic acids is 3. The monoisotopic (exact) mass is 981 g/mol. The van der Waals surface area contributed by atoms with Gasteiger partial charge in [0.2, 0.25) is 0 Å². The zero-order valence-electron chi connectivity index (χ0n) is 45.7. The van der Waals surface area contributed by atoms with Crippen molar-refractivity contribution in [2.24, 2.45) is 0 Å². The molecule has 0 fully saturated rings. The number of hydrogen-bond donors (Lipinski definition) is 0.